The highest BCUT2D eigenvalue weighted by Gasteiger charge is 1.92. The number of guanidine groups is 2. The van der Waals surface area contributed by atoms with Gasteiger partial charge in [0.25, 0.3) is 0 Å². The molecule has 0 aliphatic heterocycles. The molecule has 0 atom stereocenters. The van der Waals surface area contributed by atoms with Gasteiger partial charge in [-0.15, -0.1) is 25.3 Å². The van der Waals surface area contributed by atoms with Crippen molar-refractivity contribution in [3.8, 4) is 12.8 Å². The van der Waals surface area contributed by atoms with E-state index in [1.807, 2.05) is 0 Å². The normalized spacial score (nSPS) is 8.50. The van der Waals surface area contributed by atoms with Crippen molar-refractivity contribution in [2.45, 2.75) is 0 Å². The Morgan fingerprint density at radius 1 is 1.33 bits per heavy atom. The van der Waals surface area contributed by atoms with Crippen LogP contribution in [0.2, 0.25) is 0 Å². The second-order valence-corrected chi connectivity index (χ2v) is 1.75. The molecule has 5 N–H and O–H groups in total. The Morgan fingerprint density at radius 2 is 1.67 bits per heavy atom. The predicted octanol–water partition coefficient (Wildman–Crippen LogP) is -0.573. The Labute approximate surface area is 78.7 Å². The van der Waals surface area contributed by atoms with Crippen LogP contribution in [0.15, 0.2) is 4.99 Å². The Balaban J connectivity index is -0.000000249. The molecule has 0 saturated heterocycles. The number of halogens is 1. The maximum atomic E-state index is 6.70. The second kappa shape index (κ2) is 9.59. The average Bonchev–Trinajstić information content (AvgIpc) is 1.90. The van der Waals surface area contributed by atoms with Gasteiger partial charge in [0.2, 0.25) is 5.96 Å². The van der Waals surface area contributed by atoms with E-state index >= 15 is 0 Å². The summed E-state index contributed by atoms with van der Waals surface area (Å²) >= 11 is 0. The van der Waals surface area contributed by atoms with Gasteiger partial charge in [0.05, 0.1) is 0 Å². The van der Waals surface area contributed by atoms with Crippen LogP contribution in [0.1, 0.15) is 0 Å². The zero-order valence-corrected chi connectivity index (χ0v) is 7.93. The van der Waals surface area contributed by atoms with Gasteiger partial charge < -0.3 is 16.4 Å². The number of nitrogens with one attached hydrogen (secondary N) is 1. The molecule has 0 bridgehead atoms. The topological polar surface area (TPSA) is 91.5 Å². The first-order valence-electron chi connectivity index (χ1n) is 2.73. The lowest BCUT2D eigenvalue weighted by atomic mass is 10.8. The van der Waals surface area contributed by atoms with Gasteiger partial charge in [-0.25, -0.2) is 0 Å². The van der Waals surface area contributed by atoms with Crippen LogP contribution in [0.5, 0.6) is 0 Å². The molecule has 0 rings (SSSR count). The van der Waals surface area contributed by atoms with Crippen LogP contribution in [-0.2, 0) is 0 Å². The van der Waals surface area contributed by atoms with Crippen LogP contribution in [0.25, 0.3) is 0 Å². The molecule has 0 aromatic rings. The average molecular weight is 192 g/mol. The van der Waals surface area contributed by atoms with Crippen LogP contribution in [0, 0.1) is 18.3 Å². The number of nitrogens with two attached hydrogens (primary N) is 2. The van der Waals surface area contributed by atoms with Gasteiger partial charge in [-0.1, -0.05) is 0 Å². The summed E-state index contributed by atoms with van der Waals surface area (Å²) in [5.41, 5.74) is 10.2. The molecule has 12 heavy (non-hydrogen) atoms. The number of terminal acetylenes is 1. The standard InChI is InChI=1S/C4H11N5.C2H2.ClH/c1-9(2)4(7)8-3(5)6;1-2;/h1-2H3,(H5,5,6,7,8);1-2H;1H. The van der Waals surface area contributed by atoms with E-state index in [0.29, 0.717) is 0 Å². The number of hydrogen-bond acceptors (Lipinski definition) is 1. The molecule has 70 valence electrons. The first-order valence-corrected chi connectivity index (χ1v) is 2.73. The summed E-state index contributed by atoms with van der Waals surface area (Å²) in [6.45, 7) is 0. The molecular formula is C6H14ClN5. The molecule has 0 aromatic heterocycles. The number of hydrogen-bond donors (Lipinski definition) is 3. The van der Waals surface area contributed by atoms with Crippen molar-refractivity contribution in [2.24, 2.45) is 16.5 Å². The molecule has 0 spiro atoms. The summed E-state index contributed by atoms with van der Waals surface area (Å²) < 4.78 is 0. The molecule has 0 unspecified atom stereocenters. The summed E-state index contributed by atoms with van der Waals surface area (Å²) in [5.74, 6) is -0.0382. The number of rotatable bonds is 0. The fourth-order valence-electron chi connectivity index (χ4n) is 0.223. The van der Waals surface area contributed by atoms with Gasteiger partial charge in [-0.05, 0) is 0 Å². The van der Waals surface area contributed by atoms with E-state index in [1.165, 1.54) is 0 Å². The minimum absolute atomic E-state index is 0. The monoisotopic (exact) mass is 191 g/mol. The van der Waals surface area contributed by atoms with Crippen molar-refractivity contribution < 1.29 is 0 Å². The zero-order valence-electron chi connectivity index (χ0n) is 7.11. The van der Waals surface area contributed by atoms with Crippen LogP contribution >= 0.6 is 12.4 Å². The van der Waals surface area contributed by atoms with Gasteiger partial charge >= 0.3 is 0 Å². The maximum absolute atomic E-state index is 6.70. The lowest BCUT2D eigenvalue weighted by molar-refractivity contribution is 0.615. The van der Waals surface area contributed by atoms with E-state index in [0.717, 1.165) is 0 Å². The maximum Gasteiger partial charge on any atom is 0.215 e. The number of nitrogens with zero attached hydrogens (tertiary/aromatic N) is 2. The fourth-order valence-corrected chi connectivity index (χ4v) is 0.223. The van der Waals surface area contributed by atoms with Crippen molar-refractivity contribution in [3.63, 3.8) is 0 Å². The van der Waals surface area contributed by atoms with Gasteiger partial charge in [-0.2, -0.15) is 4.99 Å². The van der Waals surface area contributed by atoms with Crippen molar-refractivity contribution in [1.82, 2.24) is 4.90 Å². The molecule has 5 nitrogen and oxygen atoms in total. The summed E-state index contributed by atoms with van der Waals surface area (Å²) in [4.78, 5) is 5.03. The quantitative estimate of drug-likeness (QED) is 0.272. The molecule has 0 aliphatic rings. The Bertz CT molecular complexity index is 172. The van der Waals surface area contributed by atoms with Crippen LogP contribution in [0.3, 0.4) is 0 Å². The smallest absolute Gasteiger partial charge is 0.215 e. The Morgan fingerprint density at radius 3 is 1.75 bits per heavy atom. The van der Waals surface area contributed by atoms with E-state index in [-0.39, 0.29) is 24.3 Å². The van der Waals surface area contributed by atoms with Gasteiger partial charge in [-0.3, -0.25) is 5.41 Å². The minimum Gasteiger partial charge on any atom is -0.369 e. The van der Waals surface area contributed by atoms with Crippen LogP contribution in [0.4, 0.5) is 0 Å². The van der Waals surface area contributed by atoms with Crippen LogP contribution < -0.4 is 11.5 Å². The Hall–Kier alpha value is -1.41. The molecule has 0 aliphatic carbocycles. The van der Waals surface area contributed by atoms with Crippen molar-refractivity contribution >= 4 is 24.3 Å². The zero-order chi connectivity index (χ0) is 9.44. The molecule has 0 aromatic carbocycles. The Kier molecular flexibility index (Phi) is 13.5. The highest BCUT2D eigenvalue weighted by molar-refractivity contribution is 5.91. The second-order valence-electron chi connectivity index (χ2n) is 1.75. The van der Waals surface area contributed by atoms with E-state index < -0.39 is 0 Å². The van der Waals surface area contributed by atoms with E-state index in [4.69, 9.17) is 16.9 Å². The molecule has 0 heterocycles. The molecule has 0 saturated carbocycles. The largest absolute Gasteiger partial charge is 0.369 e. The lowest BCUT2D eigenvalue weighted by Gasteiger charge is -2.08. The number of aliphatic imine (C=N–C) groups is 1. The molecule has 6 heteroatoms. The summed E-state index contributed by atoms with van der Waals surface area (Å²) in [6.07, 6.45) is 8.00. The van der Waals surface area contributed by atoms with E-state index in [2.05, 4.69) is 17.8 Å². The molecule has 0 amide bonds. The minimum atomic E-state index is -0.277. The van der Waals surface area contributed by atoms with E-state index in [1.54, 1.807) is 19.0 Å². The lowest BCUT2D eigenvalue weighted by Crippen LogP contribution is -2.32. The van der Waals surface area contributed by atoms with Gasteiger partial charge in [0.15, 0.2) is 5.96 Å². The first kappa shape index (κ1) is 16.9. The van der Waals surface area contributed by atoms with Crippen LogP contribution in [-0.4, -0.2) is 30.9 Å². The third-order valence-corrected chi connectivity index (χ3v) is 0.693. The van der Waals surface area contributed by atoms with Crippen molar-refractivity contribution in [2.75, 3.05) is 14.1 Å². The third-order valence-electron chi connectivity index (χ3n) is 0.693. The third kappa shape index (κ3) is 11.4. The summed E-state index contributed by atoms with van der Waals surface area (Å²) in [5, 5.41) is 6.70. The molecule has 0 radical (unpaired) electrons. The van der Waals surface area contributed by atoms with E-state index in [9.17, 15) is 0 Å². The van der Waals surface area contributed by atoms with Gasteiger partial charge in [0.1, 0.15) is 0 Å². The first-order chi connectivity index (χ1) is 5.04. The highest BCUT2D eigenvalue weighted by Crippen LogP contribution is 1.73. The highest BCUT2D eigenvalue weighted by atomic mass is 35.5. The molecular weight excluding hydrogens is 178 g/mol. The summed E-state index contributed by atoms with van der Waals surface area (Å²) in [7, 11) is 3.45. The summed E-state index contributed by atoms with van der Waals surface area (Å²) in [6, 6.07) is 0. The van der Waals surface area contributed by atoms with Gasteiger partial charge in [0, 0.05) is 14.1 Å². The fraction of sp³-hybridized carbons (Fsp3) is 0.333. The predicted molar refractivity (Wildman–Crippen MR) is 54.4 cm³/mol. The van der Waals surface area contributed by atoms with Crippen molar-refractivity contribution in [3.05, 3.63) is 0 Å². The SMILES string of the molecule is C#C.CN(C)C(N)=NC(=N)N.Cl. The molecule has 0 fully saturated rings. The van der Waals surface area contributed by atoms with Crippen molar-refractivity contribution in [1.29, 1.82) is 5.41 Å².